The maximum absolute atomic E-state index is 6.47. The summed E-state index contributed by atoms with van der Waals surface area (Å²) in [7, 11) is 0. The minimum absolute atomic E-state index is 0.0615. The summed E-state index contributed by atoms with van der Waals surface area (Å²) in [4.78, 5) is 13.2. The van der Waals surface area contributed by atoms with Gasteiger partial charge in [-0.25, -0.2) is 9.97 Å². The molecular weight excluding hydrogens is 419 g/mol. The van der Waals surface area contributed by atoms with E-state index in [0.29, 0.717) is 35.9 Å². The number of aryl methyl sites for hydroxylation is 2. The van der Waals surface area contributed by atoms with Crippen molar-refractivity contribution in [1.29, 1.82) is 0 Å². The van der Waals surface area contributed by atoms with E-state index in [0.717, 1.165) is 16.7 Å². The normalized spacial score (nSPS) is 11.1. The molecule has 5 nitrogen and oxygen atoms in total. The van der Waals surface area contributed by atoms with Crippen LogP contribution >= 0.6 is 23.2 Å². The average molecular weight is 439 g/mol. The summed E-state index contributed by atoms with van der Waals surface area (Å²) in [6.07, 6.45) is 1.71. The van der Waals surface area contributed by atoms with Gasteiger partial charge in [0.05, 0.1) is 5.56 Å². The number of benzene rings is 2. The molecule has 30 heavy (non-hydrogen) atoms. The molecular formula is C23H20Cl2N4O. The van der Waals surface area contributed by atoms with Crippen LogP contribution in [0.4, 0.5) is 0 Å². The van der Waals surface area contributed by atoms with Crippen molar-refractivity contribution < 1.29 is 4.74 Å². The van der Waals surface area contributed by atoms with Gasteiger partial charge in [-0.1, -0.05) is 65.7 Å². The number of rotatable bonds is 6. The molecule has 0 fully saturated rings. The third-order valence-electron chi connectivity index (χ3n) is 4.73. The van der Waals surface area contributed by atoms with E-state index in [9.17, 15) is 0 Å². The van der Waals surface area contributed by atoms with Crippen LogP contribution in [0.3, 0.4) is 0 Å². The number of fused-ring (bicyclic) bond motifs is 1. The molecule has 0 bridgehead atoms. The molecule has 4 rings (SSSR count). The standard InChI is InChI=1S/C23H20Cl2N4O/c1-4-11-30-18-10-7-15(3)12-17(18)22-27-21-19(20(24)26-23(25)28-21)29(22)13-16-8-5-14(2)6-9-16/h4-10,12H,1,11,13H2,2-3H3. The van der Waals surface area contributed by atoms with E-state index in [1.165, 1.54) is 5.56 Å². The zero-order valence-corrected chi connectivity index (χ0v) is 18.2. The molecule has 0 radical (unpaired) electrons. The van der Waals surface area contributed by atoms with Gasteiger partial charge in [0.15, 0.2) is 10.8 Å². The molecule has 0 N–H and O–H groups in total. The zero-order valence-electron chi connectivity index (χ0n) is 16.7. The molecule has 0 aliphatic rings. The van der Waals surface area contributed by atoms with Gasteiger partial charge in [-0.05, 0) is 43.1 Å². The molecule has 7 heteroatoms. The predicted octanol–water partition coefficient (Wildman–Crippen LogP) is 6.03. The van der Waals surface area contributed by atoms with E-state index in [1.807, 2.05) is 29.7 Å². The lowest BCUT2D eigenvalue weighted by molar-refractivity contribution is 0.364. The highest BCUT2D eigenvalue weighted by atomic mass is 35.5. The molecule has 2 aromatic carbocycles. The topological polar surface area (TPSA) is 52.8 Å². The Labute approximate surface area is 185 Å². The van der Waals surface area contributed by atoms with Crippen molar-refractivity contribution in [3.05, 3.63) is 82.2 Å². The Morgan fingerprint density at radius 3 is 2.47 bits per heavy atom. The third-order valence-corrected chi connectivity index (χ3v) is 5.16. The van der Waals surface area contributed by atoms with Gasteiger partial charge in [0.1, 0.15) is 23.7 Å². The van der Waals surface area contributed by atoms with Crippen LogP contribution in [0, 0.1) is 13.8 Å². The second kappa shape index (κ2) is 8.46. The number of hydrogen-bond donors (Lipinski definition) is 0. The number of imidazole rings is 1. The van der Waals surface area contributed by atoms with Crippen LogP contribution < -0.4 is 4.74 Å². The second-order valence-corrected chi connectivity index (χ2v) is 7.76. The van der Waals surface area contributed by atoms with Crippen LogP contribution in [-0.2, 0) is 6.54 Å². The Bertz CT molecular complexity index is 1230. The molecule has 0 amide bonds. The van der Waals surface area contributed by atoms with Crippen molar-refractivity contribution >= 4 is 34.4 Å². The molecule has 0 spiro atoms. The molecule has 0 saturated heterocycles. The quantitative estimate of drug-likeness (QED) is 0.209. The molecule has 0 atom stereocenters. The van der Waals surface area contributed by atoms with Crippen molar-refractivity contribution in [3.63, 3.8) is 0 Å². The van der Waals surface area contributed by atoms with E-state index >= 15 is 0 Å². The Balaban J connectivity index is 1.95. The lowest BCUT2D eigenvalue weighted by Gasteiger charge is -2.14. The maximum Gasteiger partial charge on any atom is 0.225 e. The van der Waals surface area contributed by atoms with Crippen LogP contribution in [-0.4, -0.2) is 26.1 Å². The van der Waals surface area contributed by atoms with Crippen molar-refractivity contribution in [2.75, 3.05) is 6.61 Å². The van der Waals surface area contributed by atoms with Gasteiger partial charge in [0.25, 0.3) is 0 Å². The van der Waals surface area contributed by atoms with Gasteiger partial charge in [-0.15, -0.1) is 0 Å². The van der Waals surface area contributed by atoms with E-state index < -0.39 is 0 Å². The maximum atomic E-state index is 6.47. The number of halogens is 2. The van der Waals surface area contributed by atoms with Crippen molar-refractivity contribution in [2.45, 2.75) is 20.4 Å². The first-order valence-corrected chi connectivity index (χ1v) is 10.2. The van der Waals surface area contributed by atoms with Gasteiger partial charge >= 0.3 is 0 Å². The molecule has 0 unspecified atom stereocenters. The fourth-order valence-electron chi connectivity index (χ4n) is 3.30. The zero-order chi connectivity index (χ0) is 21.3. The number of ether oxygens (including phenoxy) is 1. The Hall–Kier alpha value is -2.89. The van der Waals surface area contributed by atoms with E-state index in [4.69, 9.17) is 32.9 Å². The molecule has 0 aliphatic carbocycles. The Morgan fingerprint density at radius 2 is 1.73 bits per heavy atom. The summed E-state index contributed by atoms with van der Waals surface area (Å²) in [5.74, 6) is 1.39. The smallest absolute Gasteiger partial charge is 0.225 e. The summed E-state index contributed by atoms with van der Waals surface area (Å²) in [5.41, 5.74) is 5.30. The lowest BCUT2D eigenvalue weighted by Crippen LogP contribution is -2.05. The monoisotopic (exact) mass is 438 g/mol. The van der Waals surface area contributed by atoms with Gasteiger partial charge in [-0.2, -0.15) is 4.98 Å². The van der Waals surface area contributed by atoms with Crippen molar-refractivity contribution in [1.82, 2.24) is 19.5 Å². The highest BCUT2D eigenvalue weighted by molar-refractivity contribution is 6.35. The summed E-state index contributed by atoms with van der Waals surface area (Å²) < 4.78 is 7.91. The molecule has 2 heterocycles. The van der Waals surface area contributed by atoms with Crippen LogP contribution in [0.15, 0.2) is 55.1 Å². The number of hydrogen-bond acceptors (Lipinski definition) is 4. The molecule has 0 saturated carbocycles. The minimum Gasteiger partial charge on any atom is -0.489 e. The lowest BCUT2D eigenvalue weighted by atomic mass is 10.1. The van der Waals surface area contributed by atoms with Crippen LogP contribution in [0.25, 0.3) is 22.6 Å². The molecule has 0 aliphatic heterocycles. The second-order valence-electron chi connectivity index (χ2n) is 7.06. The number of nitrogens with zero attached hydrogens (tertiary/aromatic N) is 4. The molecule has 4 aromatic rings. The highest BCUT2D eigenvalue weighted by Gasteiger charge is 2.21. The predicted molar refractivity (Wildman–Crippen MR) is 121 cm³/mol. The minimum atomic E-state index is 0.0615. The Kier molecular flexibility index (Phi) is 5.75. The first kappa shape index (κ1) is 20.4. The molecule has 2 aromatic heterocycles. The summed E-state index contributed by atoms with van der Waals surface area (Å²) in [5, 5.41) is 0.323. The number of aromatic nitrogens is 4. The van der Waals surface area contributed by atoms with Crippen LogP contribution in [0.2, 0.25) is 10.4 Å². The fourth-order valence-corrected chi connectivity index (χ4v) is 3.77. The van der Waals surface area contributed by atoms with Gasteiger partial charge in [0, 0.05) is 6.54 Å². The van der Waals surface area contributed by atoms with E-state index in [-0.39, 0.29) is 10.4 Å². The van der Waals surface area contributed by atoms with Crippen LogP contribution in [0.5, 0.6) is 5.75 Å². The summed E-state index contributed by atoms with van der Waals surface area (Å²) >= 11 is 12.5. The SMILES string of the molecule is C=CCOc1ccc(C)cc1-c1nc2nc(Cl)nc(Cl)c2n1Cc1ccc(C)cc1. The van der Waals surface area contributed by atoms with Gasteiger partial charge in [0.2, 0.25) is 5.28 Å². The van der Waals surface area contributed by atoms with E-state index in [2.05, 4.69) is 47.7 Å². The first-order valence-electron chi connectivity index (χ1n) is 9.46. The van der Waals surface area contributed by atoms with Crippen LogP contribution in [0.1, 0.15) is 16.7 Å². The fraction of sp³-hybridized carbons (Fsp3) is 0.174. The summed E-state index contributed by atoms with van der Waals surface area (Å²) in [6.45, 7) is 8.76. The van der Waals surface area contributed by atoms with E-state index in [1.54, 1.807) is 6.08 Å². The van der Waals surface area contributed by atoms with Crippen molar-refractivity contribution in [2.24, 2.45) is 0 Å². The first-order chi connectivity index (χ1) is 14.5. The highest BCUT2D eigenvalue weighted by Crippen LogP contribution is 2.35. The molecule has 152 valence electrons. The average Bonchev–Trinajstić information content (AvgIpc) is 3.06. The third kappa shape index (κ3) is 4.04. The summed E-state index contributed by atoms with van der Waals surface area (Å²) in [6, 6.07) is 14.3. The largest absolute Gasteiger partial charge is 0.489 e. The van der Waals surface area contributed by atoms with Gasteiger partial charge < -0.3 is 9.30 Å². The Morgan fingerprint density at radius 1 is 1.00 bits per heavy atom. The van der Waals surface area contributed by atoms with Crippen molar-refractivity contribution in [3.8, 4) is 17.1 Å². The van der Waals surface area contributed by atoms with Gasteiger partial charge in [-0.3, -0.25) is 0 Å².